The Bertz CT molecular complexity index is 839. The summed E-state index contributed by atoms with van der Waals surface area (Å²) in [6, 6.07) is 19.6. The van der Waals surface area contributed by atoms with Crippen LogP contribution in [0.2, 0.25) is 18.1 Å². The Morgan fingerprint density at radius 3 is 1.76 bits per heavy atom. The zero-order chi connectivity index (χ0) is 24.1. The molecule has 0 bridgehead atoms. The molecule has 0 saturated carbocycles. The van der Waals surface area contributed by atoms with Gasteiger partial charge in [0.1, 0.15) is 24.4 Å². The molecule has 0 amide bonds. The quantitative estimate of drug-likeness (QED) is 0.529. The van der Waals surface area contributed by atoms with E-state index in [1.165, 1.54) is 0 Å². The van der Waals surface area contributed by atoms with Crippen molar-refractivity contribution in [3.05, 3.63) is 71.8 Å². The summed E-state index contributed by atoms with van der Waals surface area (Å²) in [4.78, 5) is 0. The van der Waals surface area contributed by atoms with Gasteiger partial charge >= 0.3 is 0 Å². The van der Waals surface area contributed by atoms with E-state index in [0.29, 0.717) is 13.2 Å². The van der Waals surface area contributed by atoms with Crippen molar-refractivity contribution >= 4 is 8.32 Å². The van der Waals surface area contributed by atoms with Crippen molar-refractivity contribution in [3.8, 4) is 0 Å². The van der Waals surface area contributed by atoms with Crippen LogP contribution in [0.3, 0.4) is 0 Å². The van der Waals surface area contributed by atoms with Gasteiger partial charge in [0.25, 0.3) is 0 Å². The van der Waals surface area contributed by atoms with Gasteiger partial charge in [0.05, 0.1) is 19.8 Å². The smallest absolute Gasteiger partial charge is 0.192 e. The van der Waals surface area contributed by atoms with E-state index >= 15 is 0 Å². The maximum absolute atomic E-state index is 10.8. The molecule has 0 aliphatic carbocycles. The molecule has 2 aromatic carbocycles. The minimum Gasteiger partial charge on any atom is -0.408 e. The number of hydrogen-bond acceptors (Lipinski definition) is 6. The Hall–Kier alpha value is -1.58. The van der Waals surface area contributed by atoms with Crippen LogP contribution in [0.4, 0.5) is 0 Å². The number of rotatable bonds is 9. The highest BCUT2D eigenvalue weighted by Gasteiger charge is 2.51. The second-order valence-corrected chi connectivity index (χ2v) is 14.9. The highest BCUT2D eigenvalue weighted by atomic mass is 28.4. The molecule has 1 aliphatic rings. The molecule has 0 aromatic heterocycles. The SMILES string of the molecule is CC(C)(C)[Si](C)(C)O[C@@H]1[C@@H](OCc2ccccc2)[C@H](O)O[C@H](CO)[C@H]1OCc1ccccc1. The minimum absolute atomic E-state index is 0.0566. The molecule has 3 rings (SSSR count). The van der Waals surface area contributed by atoms with Gasteiger partial charge in [-0.25, -0.2) is 0 Å². The molecular formula is C26H38O6Si. The second-order valence-electron chi connectivity index (χ2n) is 10.1. The Labute approximate surface area is 198 Å². The number of aliphatic hydroxyl groups excluding tert-OH is 2. The van der Waals surface area contributed by atoms with Crippen molar-refractivity contribution in [2.75, 3.05) is 6.61 Å². The molecule has 2 N–H and O–H groups in total. The van der Waals surface area contributed by atoms with Gasteiger partial charge in [-0.2, -0.15) is 0 Å². The van der Waals surface area contributed by atoms with Gasteiger partial charge in [0.2, 0.25) is 0 Å². The summed E-state index contributed by atoms with van der Waals surface area (Å²) in [5, 5.41) is 20.8. The van der Waals surface area contributed by atoms with Crippen molar-refractivity contribution in [3.63, 3.8) is 0 Å². The molecule has 0 spiro atoms. The lowest BCUT2D eigenvalue weighted by atomic mass is 9.98. The molecule has 6 nitrogen and oxygen atoms in total. The van der Waals surface area contributed by atoms with E-state index in [1.807, 2.05) is 60.7 Å². The molecule has 33 heavy (non-hydrogen) atoms. The Balaban J connectivity index is 1.87. The molecule has 2 aromatic rings. The van der Waals surface area contributed by atoms with E-state index in [9.17, 15) is 10.2 Å². The molecule has 1 fully saturated rings. The van der Waals surface area contributed by atoms with Gasteiger partial charge < -0.3 is 28.8 Å². The van der Waals surface area contributed by atoms with E-state index in [1.54, 1.807) is 0 Å². The topological polar surface area (TPSA) is 77.4 Å². The van der Waals surface area contributed by atoms with Crippen molar-refractivity contribution in [1.82, 2.24) is 0 Å². The van der Waals surface area contributed by atoms with Crippen molar-refractivity contribution in [2.24, 2.45) is 0 Å². The van der Waals surface area contributed by atoms with Crippen LogP contribution in [0.25, 0.3) is 0 Å². The fourth-order valence-corrected chi connectivity index (χ4v) is 4.91. The lowest BCUT2D eigenvalue weighted by Crippen LogP contribution is -2.64. The maximum atomic E-state index is 10.8. The average Bonchev–Trinajstić information content (AvgIpc) is 2.78. The molecule has 1 aliphatic heterocycles. The standard InChI is InChI=1S/C26H38O6Si/c1-26(2,3)33(4,5)32-23-22(29-17-19-12-8-6-9-13-19)21(16-27)31-25(28)24(23)30-18-20-14-10-7-11-15-20/h6-15,21-25,27-28H,16-18H2,1-5H3/t21-,22-,23+,24-,25-/m1/s1. The van der Waals surface area contributed by atoms with Gasteiger partial charge in [-0.15, -0.1) is 0 Å². The van der Waals surface area contributed by atoms with E-state index in [-0.39, 0.29) is 11.6 Å². The highest BCUT2D eigenvalue weighted by Crippen LogP contribution is 2.40. The third-order valence-electron chi connectivity index (χ3n) is 6.60. The van der Waals surface area contributed by atoms with Gasteiger partial charge in [-0.3, -0.25) is 0 Å². The molecule has 0 unspecified atom stereocenters. The Morgan fingerprint density at radius 1 is 0.818 bits per heavy atom. The third kappa shape index (κ3) is 6.73. The fraction of sp³-hybridized carbons (Fsp3) is 0.538. The number of aliphatic hydroxyl groups is 2. The van der Waals surface area contributed by atoms with Gasteiger partial charge in [0, 0.05) is 0 Å². The van der Waals surface area contributed by atoms with E-state index in [4.69, 9.17) is 18.6 Å². The van der Waals surface area contributed by atoms with Crippen LogP contribution >= 0.6 is 0 Å². The number of ether oxygens (including phenoxy) is 3. The largest absolute Gasteiger partial charge is 0.408 e. The summed E-state index contributed by atoms with van der Waals surface area (Å²) in [5.41, 5.74) is 2.00. The summed E-state index contributed by atoms with van der Waals surface area (Å²) in [6.45, 7) is 11.2. The van der Waals surface area contributed by atoms with Crippen LogP contribution in [0.5, 0.6) is 0 Å². The van der Waals surface area contributed by atoms with Crippen LogP contribution in [-0.2, 0) is 31.9 Å². The first-order valence-electron chi connectivity index (χ1n) is 11.6. The summed E-state index contributed by atoms with van der Waals surface area (Å²) in [6.07, 6.45) is -3.93. The number of benzene rings is 2. The summed E-state index contributed by atoms with van der Waals surface area (Å²) in [5.74, 6) is 0. The summed E-state index contributed by atoms with van der Waals surface area (Å²) in [7, 11) is -2.27. The van der Waals surface area contributed by atoms with Crippen molar-refractivity contribution in [1.29, 1.82) is 0 Å². The molecule has 1 heterocycles. The molecule has 1 saturated heterocycles. The average molecular weight is 475 g/mol. The predicted molar refractivity (Wildman–Crippen MR) is 130 cm³/mol. The predicted octanol–water partition coefficient (Wildman–Crippen LogP) is 4.26. The lowest BCUT2D eigenvalue weighted by molar-refractivity contribution is -0.303. The molecule has 5 atom stereocenters. The lowest BCUT2D eigenvalue weighted by Gasteiger charge is -2.48. The van der Waals surface area contributed by atoms with Crippen LogP contribution < -0.4 is 0 Å². The normalized spacial score (nSPS) is 26.3. The van der Waals surface area contributed by atoms with Crippen LogP contribution in [0.1, 0.15) is 31.9 Å². The van der Waals surface area contributed by atoms with Crippen LogP contribution in [-0.4, -0.2) is 55.8 Å². The van der Waals surface area contributed by atoms with Gasteiger partial charge in [-0.05, 0) is 29.3 Å². The van der Waals surface area contributed by atoms with Gasteiger partial charge in [-0.1, -0.05) is 81.4 Å². The molecule has 182 valence electrons. The van der Waals surface area contributed by atoms with E-state index < -0.39 is 39.0 Å². The second kappa shape index (κ2) is 11.2. The zero-order valence-corrected chi connectivity index (χ0v) is 21.3. The van der Waals surface area contributed by atoms with E-state index in [0.717, 1.165) is 11.1 Å². The maximum Gasteiger partial charge on any atom is 0.192 e. The molecular weight excluding hydrogens is 436 g/mol. The summed E-state index contributed by atoms with van der Waals surface area (Å²) < 4.78 is 25.0. The molecule has 0 radical (unpaired) electrons. The zero-order valence-electron chi connectivity index (χ0n) is 20.3. The van der Waals surface area contributed by atoms with Crippen LogP contribution in [0.15, 0.2) is 60.7 Å². The first kappa shape index (κ1) is 26.0. The monoisotopic (exact) mass is 474 g/mol. The first-order chi connectivity index (χ1) is 15.6. The fourth-order valence-electron chi connectivity index (χ4n) is 3.61. The van der Waals surface area contributed by atoms with E-state index in [2.05, 4.69) is 33.9 Å². The Kier molecular flexibility index (Phi) is 8.86. The van der Waals surface area contributed by atoms with Crippen molar-refractivity contribution < 1.29 is 28.8 Å². The third-order valence-corrected chi connectivity index (χ3v) is 11.1. The van der Waals surface area contributed by atoms with Gasteiger partial charge in [0.15, 0.2) is 14.6 Å². The molecule has 7 heteroatoms. The minimum atomic E-state index is -2.27. The number of hydrogen-bond donors (Lipinski definition) is 2. The first-order valence-corrected chi connectivity index (χ1v) is 14.5. The van der Waals surface area contributed by atoms with Crippen LogP contribution in [0, 0.1) is 0 Å². The highest BCUT2D eigenvalue weighted by molar-refractivity contribution is 6.74. The summed E-state index contributed by atoms with van der Waals surface area (Å²) >= 11 is 0. The Morgan fingerprint density at radius 2 is 1.30 bits per heavy atom. The van der Waals surface area contributed by atoms with Crippen molar-refractivity contribution in [2.45, 2.75) is 82.8 Å².